The second-order valence-electron chi connectivity index (χ2n) is 4.23. The minimum absolute atomic E-state index is 0.0276. The molecular formula is C13H16N2O2. The van der Waals surface area contributed by atoms with Crippen molar-refractivity contribution in [1.82, 2.24) is 5.32 Å². The highest BCUT2D eigenvalue weighted by Crippen LogP contribution is 2.19. The van der Waals surface area contributed by atoms with Gasteiger partial charge in [0.25, 0.3) is 5.91 Å². The average molecular weight is 232 g/mol. The second kappa shape index (κ2) is 4.99. The minimum Gasteiger partial charge on any atom is -0.349 e. The fourth-order valence-electron chi connectivity index (χ4n) is 1.45. The van der Waals surface area contributed by atoms with Crippen molar-refractivity contribution >= 4 is 17.5 Å². The molecule has 2 N–H and O–H groups in total. The maximum atomic E-state index is 11.7. The Labute approximate surface area is 100 Å². The number of carbonyl (C=O) groups is 2. The van der Waals surface area contributed by atoms with Crippen LogP contribution in [0, 0.1) is 0 Å². The van der Waals surface area contributed by atoms with Crippen molar-refractivity contribution in [2.24, 2.45) is 0 Å². The van der Waals surface area contributed by atoms with Gasteiger partial charge < -0.3 is 10.6 Å². The van der Waals surface area contributed by atoms with Gasteiger partial charge in [0.2, 0.25) is 5.91 Å². The maximum absolute atomic E-state index is 11.7. The van der Waals surface area contributed by atoms with E-state index < -0.39 is 0 Å². The number of rotatable bonds is 4. The SMILES string of the molecule is CCC(=O)Nc1ccc(C(=O)NC2CC2)cc1. The molecule has 1 aliphatic carbocycles. The van der Waals surface area contributed by atoms with Gasteiger partial charge in [0.15, 0.2) is 0 Å². The maximum Gasteiger partial charge on any atom is 0.251 e. The van der Waals surface area contributed by atoms with Crippen LogP contribution in [0.4, 0.5) is 5.69 Å². The lowest BCUT2D eigenvalue weighted by Gasteiger charge is -2.06. The van der Waals surface area contributed by atoms with E-state index in [2.05, 4.69) is 10.6 Å². The van der Waals surface area contributed by atoms with E-state index in [1.165, 1.54) is 0 Å². The topological polar surface area (TPSA) is 58.2 Å². The molecule has 17 heavy (non-hydrogen) atoms. The summed E-state index contributed by atoms with van der Waals surface area (Å²) >= 11 is 0. The van der Waals surface area contributed by atoms with Crippen LogP contribution in [0.5, 0.6) is 0 Å². The molecule has 0 spiro atoms. The van der Waals surface area contributed by atoms with Gasteiger partial charge >= 0.3 is 0 Å². The van der Waals surface area contributed by atoms with Gasteiger partial charge in [-0.2, -0.15) is 0 Å². The lowest BCUT2D eigenvalue weighted by Crippen LogP contribution is -2.25. The lowest BCUT2D eigenvalue weighted by atomic mass is 10.2. The lowest BCUT2D eigenvalue weighted by molar-refractivity contribution is -0.115. The zero-order valence-electron chi connectivity index (χ0n) is 9.82. The molecule has 0 saturated heterocycles. The summed E-state index contributed by atoms with van der Waals surface area (Å²) in [6, 6.07) is 7.30. The minimum atomic E-state index is -0.0409. The van der Waals surface area contributed by atoms with E-state index >= 15 is 0 Å². The third-order valence-electron chi connectivity index (χ3n) is 2.66. The average Bonchev–Trinajstić information content (AvgIpc) is 3.13. The molecule has 0 aliphatic heterocycles. The Kier molecular flexibility index (Phi) is 3.42. The fourth-order valence-corrected chi connectivity index (χ4v) is 1.45. The number of hydrogen-bond donors (Lipinski definition) is 2. The van der Waals surface area contributed by atoms with Gasteiger partial charge in [0, 0.05) is 23.7 Å². The van der Waals surface area contributed by atoms with Crippen molar-refractivity contribution in [2.45, 2.75) is 32.2 Å². The Balaban J connectivity index is 1.96. The highest BCUT2D eigenvalue weighted by molar-refractivity contribution is 5.96. The van der Waals surface area contributed by atoms with Crippen LogP contribution in [0.25, 0.3) is 0 Å². The smallest absolute Gasteiger partial charge is 0.251 e. The van der Waals surface area contributed by atoms with Crippen LogP contribution in [0.3, 0.4) is 0 Å². The zero-order chi connectivity index (χ0) is 12.3. The highest BCUT2D eigenvalue weighted by atomic mass is 16.2. The molecule has 1 aliphatic rings. The van der Waals surface area contributed by atoms with Crippen LogP contribution in [-0.2, 0) is 4.79 Å². The summed E-state index contributed by atoms with van der Waals surface area (Å²) in [6.07, 6.45) is 2.61. The van der Waals surface area contributed by atoms with Crippen LogP contribution in [0.2, 0.25) is 0 Å². The summed E-state index contributed by atoms with van der Waals surface area (Å²) in [4.78, 5) is 22.8. The van der Waals surface area contributed by atoms with Gasteiger partial charge in [-0.05, 0) is 37.1 Å². The Hall–Kier alpha value is -1.84. The Morgan fingerprint density at radius 3 is 2.41 bits per heavy atom. The van der Waals surface area contributed by atoms with Crippen molar-refractivity contribution in [3.05, 3.63) is 29.8 Å². The third-order valence-corrected chi connectivity index (χ3v) is 2.66. The predicted molar refractivity (Wildman–Crippen MR) is 65.9 cm³/mol. The van der Waals surface area contributed by atoms with E-state index in [1.807, 2.05) is 0 Å². The van der Waals surface area contributed by atoms with Crippen molar-refractivity contribution in [1.29, 1.82) is 0 Å². The van der Waals surface area contributed by atoms with Gasteiger partial charge in [-0.15, -0.1) is 0 Å². The number of hydrogen-bond acceptors (Lipinski definition) is 2. The standard InChI is InChI=1S/C13H16N2O2/c1-2-12(16)14-10-5-3-9(4-6-10)13(17)15-11-7-8-11/h3-6,11H,2,7-8H2,1H3,(H,14,16)(H,15,17). The van der Waals surface area contributed by atoms with Gasteiger partial charge in [-0.3, -0.25) is 9.59 Å². The molecule has 0 bridgehead atoms. The van der Waals surface area contributed by atoms with Crippen LogP contribution < -0.4 is 10.6 Å². The molecule has 0 atom stereocenters. The molecular weight excluding hydrogens is 216 g/mol. The van der Waals surface area contributed by atoms with E-state index in [9.17, 15) is 9.59 Å². The van der Waals surface area contributed by atoms with Gasteiger partial charge in [-0.25, -0.2) is 0 Å². The van der Waals surface area contributed by atoms with Crippen molar-refractivity contribution in [3.63, 3.8) is 0 Å². The summed E-state index contributed by atoms with van der Waals surface area (Å²) in [5.41, 5.74) is 1.35. The second-order valence-corrected chi connectivity index (χ2v) is 4.23. The Morgan fingerprint density at radius 1 is 1.24 bits per heavy atom. The van der Waals surface area contributed by atoms with Gasteiger partial charge in [0.05, 0.1) is 0 Å². The molecule has 0 heterocycles. The fraction of sp³-hybridized carbons (Fsp3) is 0.385. The number of anilines is 1. The molecule has 4 nitrogen and oxygen atoms in total. The molecule has 2 amide bonds. The number of amides is 2. The first-order chi connectivity index (χ1) is 8.19. The molecule has 1 aromatic rings. The van der Waals surface area contributed by atoms with E-state index in [0.29, 0.717) is 18.0 Å². The van der Waals surface area contributed by atoms with Gasteiger partial charge in [-0.1, -0.05) is 6.92 Å². The molecule has 90 valence electrons. The molecule has 1 aromatic carbocycles. The molecule has 0 radical (unpaired) electrons. The largest absolute Gasteiger partial charge is 0.349 e. The summed E-state index contributed by atoms with van der Waals surface area (Å²) in [5, 5.41) is 5.66. The van der Waals surface area contributed by atoms with Gasteiger partial charge in [0.1, 0.15) is 0 Å². The van der Waals surface area contributed by atoms with Crippen LogP contribution in [0.15, 0.2) is 24.3 Å². The predicted octanol–water partition coefficient (Wildman–Crippen LogP) is 1.93. The van der Waals surface area contributed by atoms with E-state index in [4.69, 9.17) is 0 Å². The van der Waals surface area contributed by atoms with E-state index in [-0.39, 0.29) is 11.8 Å². The molecule has 1 saturated carbocycles. The van der Waals surface area contributed by atoms with E-state index in [0.717, 1.165) is 18.5 Å². The molecule has 0 aromatic heterocycles. The zero-order valence-corrected chi connectivity index (χ0v) is 9.82. The Bertz CT molecular complexity index is 422. The molecule has 2 rings (SSSR count). The Morgan fingerprint density at radius 2 is 1.88 bits per heavy atom. The molecule has 4 heteroatoms. The van der Waals surface area contributed by atoms with Crippen LogP contribution in [-0.4, -0.2) is 17.9 Å². The van der Waals surface area contributed by atoms with Crippen molar-refractivity contribution < 1.29 is 9.59 Å². The summed E-state index contributed by atoms with van der Waals surface area (Å²) < 4.78 is 0. The monoisotopic (exact) mass is 232 g/mol. The highest BCUT2D eigenvalue weighted by Gasteiger charge is 2.23. The first-order valence-electron chi connectivity index (χ1n) is 5.90. The number of nitrogens with one attached hydrogen (secondary N) is 2. The van der Waals surface area contributed by atoms with Crippen molar-refractivity contribution in [3.8, 4) is 0 Å². The first kappa shape index (κ1) is 11.6. The third kappa shape index (κ3) is 3.31. The quantitative estimate of drug-likeness (QED) is 0.833. The number of carbonyl (C=O) groups excluding carboxylic acids is 2. The summed E-state index contributed by atoms with van der Waals surface area (Å²) in [6.45, 7) is 1.80. The van der Waals surface area contributed by atoms with Crippen LogP contribution >= 0.6 is 0 Å². The first-order valence-corrected chi connectivity index (χ1v) is 5.90. The van der Waals surface area contributed by atoms with E-state index in [1.54, 1.807) is 31.2 Å². The summed E-state index contributed by atoms with van der Waals surface area (Å²) in [5.74, 6) is -0.0685. The summed E-state index contributed by atoms with van der Waals surface area (Å²) in [7, 11) is 0. The normalized spacial score (nSPS) is 14.2. The van der Waals surface area contributed by atoms with Crippen molar-refractivity contribution in [2.75, 3.05) is 5.32 Å². The molecule has 1 fully saturated rings. The molecule has 0 unspecified atom stereocenters. The van der Waals surface area contributed by atoms with Crippen LogP contribution in [0.1, 0.15) is 36.5 Å². The number of benzene rings is 1.